The molecule has 1 unspecified atom stereocenters. The second-order valence-corrected chi connectivity index (χ2v) is 3.65. The van der Waals surface area contributed by atoms with Crippen molar-refractivity contribution in [3.05, 3.63) is 24.3 Å². The van der Waals surface area contributed by atoms with E-state index in [0.717, 1.165) is 0 Å². The van der Waals surface area contributed by atoms with Crippen molar-refractivity contribution in [2.75, 3.05) is 30.9 Å². The number of benzene rings is 1. The molecule has 0 saturated heterocycles. The van der Waals surface area contributed by atoms with Crippen LogP contribution in [-0.4, -0.2) is 37.4 Å². The van der Waals surface area contributed by atoms with Crippen LogP contribution < -0.4 is 10.6 Å². The second-order valence-electron chi connectivity index (χ2n) is 3.65. The average Bonchev–Trinajstić information content (AvgIpc) is 2.35. The zero-order valence-electron chi connectivity index (χ0n) is 10.1. The SMILES string of the molecule is COC(C)C(=O)N(CCO)c1ccccc1N. The molecular weight excluding hydrogens is 220 g/mol. The van der Waals surface area contributed by atoms with E-state index in [4.69, 9.17) is 15.6 Å². The van der Waals surface area contributed by atoms with Crippen LogP contribution in [0.15, 0.2) is 24.3 Å². The van der Waals surface area contributed by atoms with E-state index in [1.54, 1.807) is 31.2 Å². The number of nitrogens with two attached hydrogens (primary N) is 1. The Bertz CT molecular complexity index is 382. The van der Waals surface area contributed by atoms with E-state index in [2.05, 4.69) is 0 Å². The Balaban J connectivity index is 3.01. The number of aliphatic hydroxyl groups excluding tert-OH is 1. The molecule has 0 saturated carbocycles. The number of anilines is 2. The summed E-state index contributed by atoms with van der Waals surface area (Å²) in [6.45, 7) is 1.73. The molecule has 0 aliphatic rings. The molecule has 1 aromatic rings. The van der Waals surface area contributed by atoms with Crippen molar-refractivity contribution in [2.24, 2.45) is 0 Å². The molecular formula is C12H18N2O3. The molecule has 0 bridgehead atoms. The van der Waals surface area contributed by atoms with Crippen molar-refractivity contribution in [3.63, 3.8) is 0 Å². The Hall–Kier alpha value is -1.59. The molecule has 5 nitrogen and oxygen atoms in total. The van der Waals surface area contributed by atoms with Gasteiger partial charge in [-0.25, -0.2) is 0 Å². The number of para-hydroxylation sites is 2. The molecule has 0 aliphatic heterocycles. The van der Waals surface area contributed by atoms with Crippen LogP contribution in [0.4, 0.5) is 11.4 Å². The molecule has 94 valence electrons. The van der Waals surface area contributed by atoms with Crippen molar-refractivity contribution < 1.29 is 14.6 Å². The van der Waals surface area contributed by atoms with Gasteiger partial charge in [-0.05, 0) is 19.1 Å². The van der Waals surface area contributed by atoms with E-state index in [0.29, 0.717) is 11.4 Å². The fraction of sp³-hybridized carbons (Fsp3) is 0.417. The first-order valence-electron chi connectivity index (χ1n) is 5.41. The van der Waals surface area contributed by atoms with Crippen molar-refractivity contribution in [1.82, 2.24) is 0 Å². The van der Waals surface area contributed by atoms with Gasteiger partial charge in [0.25, 0.3) is 5.91 Å². The molecule has 1 atom stereocenters. The van der Waals surface area contributed by atoms with Crippen LogP contribution in [-0.2, 0) is 9.53 Å². The zero-order valence-corrected chi connectivity index (χ0v) is 10.1. The fourth-order valence-electron chi connectivity index (χ4n) is 1.50. The third kappa shape index (κ3) is 3.18. The van der Waals surface area contributed by atoms with E-state index in [1.807, 2.05) is 0 Å². The minimum atomic E-state index is -0.568. The van der Waals surface area contributed by atoms with Crippen molar-refractivity contribution in [1.29, 1.82) is 0 Å². The summed E-state index contributed by atoms with van der Waals surface area (Å²) in [7, 11) is 1.47. The highest BCUT2D eigenvalue weighted by molar-refractivity contribution is 5.98. The van der Waals surface area contributed by atoms with E-state index in [1.165, 1.54) is 12.0 Å². The first-order valence-corrected chi connectivity index (χ1v) is 5.41. The van der Waals surface area contributed by atoms with Crippen LogP contribution in [0.5, 0.6) is 0 Å². The molecule has 0 spiro atoms. The van der Waals surface area contributed by atoms with Gasteiger partial charge < -0.3 is 20.5 Å². The largest absolute Gasteiger partial charge is 0.397 e. The molecule has 3 N–H and O–H groups in total. The standard InChI is InChI=1S/C12H18N2O3/c1-9(17-2)12(16)14(7-8-15)11-6-4-3-5-10(11)13/h3-6,9,15H,7-8,13H2,1-2H3. The van der Waals surface area contributed by atoms with Crippen molar-refractivity contribution in [3.8, 4) is 0 Å². The maximum atomic E-state index is 12.1. The number of amides is 1. The molecule has 1 amide bonds. The molecule has 0 fully saturated rings. The number of nitrogen functional groups attached to an aromatic ring is 1. The Labute approximate surface area is 101 Å². The third-order valence-electron chi connectivity index (χ3n) is 2.52. The highest BCUT2D eigenvalue weighted by Gasteiger charge is 2.22. The van der Waals surface area contributed by atoms with Crippen LogP contribution in [0.2, 0.25) is 0 Å². The summed E-state index contributed by atoms with van der Waals surface area (Å²) < 4.78 is 4.99. The summed E-state index contributed by atoms with van der Waals surface area (Å²) in [5.74, 6) is -0.223. The normalized spacial score (nSPS) is 12.2. The summed E-state index contributed by atoms with van der Waals surface area (Å²) >= 11 is 0. The zero-order chi connectivity index (χ0) is 12.8. The van der Waals surface area contributed by atoms with Crippen molar-refractivity contribution in [2.45, 2.75) is 13.0 Å². The Morgan fingerprint density at radius 2 is 2.18 bits per heavy atom. The summed E-state index contributed by atoms with van der Waals surface area (Å²) in [5, 5.41) is 9.02. The highest BCUT2D eigenvalue weighted by Crippen LogP contribution is 2.23. The van der Waals surface area contributed by atoms with Gasteiger partial charge in [-0.3, -0.25) is 4.79 Å². The first kappa shape index (κ1) is 13.5. The van der Waals surface area contributed by atoms with Crippen LogP contribution in [0.1, 0.15) is 6.92 Å². The van der Waals surface area contributed by atoms with Crippen LogP contribution in [0.25, 0.3) is 0 Å². The molecule has 5 heteroatoms. The van der Waals surface area contributed by atoms with Gasteiger partial charge in [-0.1, -0.05) is 12.1 Å². The Morgan fingerprint density at radius 1 is 1.53 bits per heavy atom. The lowest BCUT2D eigenvalue weighted by Crippen LogP contribution is -2.40. The van der Waals surface area contributed by atoms with E-state index in [-0.39, 0.29) is 19.1 Å². The summed E-state index contributed by atoms with van der Waals surface area (Å²) in [4.78, 5) is 13.5. The second kappa shape index (κ2) is 6.22. The highest BCUT2D eigenvalue weighted by atomic mass is 16.5. The van der Waals surface area contributed by atoms with Gasteiger partial charge in [0, 0.05) is 13.7 Å². The number of methoxy groups -OCH3 is 1. The number of nitrogens with zero attached hydrogens (tertiary/aromatic N) is 1. The maximum absolute atomic E-state index is 12.1. The topological polar surface area (TPSA) is 75.8 Å². The minimum absolute atomic E-state index is 0.128. The average molecular weight is 238 g/mol. The molecule has 0 heterocycles. The number of carbonyl (C=O) groups is 1. The number of hydrogen-bond acceptors (Lipinski definition) is 4. The van der Waals surface area contributed by atoms with Gasteiger partial charge in [-0.2, -0.15) is 0 Å². The van der Waals surface area contributed by atoms with Crippen LogP contribution in [0, 0.1) is 0 Å². The molecule has 17 heavy (non-hydrogen) atoms. The minimum Gasteiger partial charge on any atom is -0.397 e. The number of aliphatic hydroxyl groups is 1. The van der Waals surface area contributed by atoms with Gasteiger partial charge >= 0.3 is 0 Å². The monoisotopic (exact) mass is 238 g/mol. The van der Waals surface area contributed by atoms with Crippen molar-refractivity contribution >= 4 is 17.3 Å². The predicted molar refractivity (Wildman–Crippen MR) is 66.8 cm³/mol. The summed E-state index contributed by atoms with van der Waals surface area (Å²) in [6.07, 6.45) is -0.568. The van der Waals surface area contributed by atoms with E-state index in [9.17, 15) is 4.79 Å². The lowest BCUT2D eigenvalue weighted by molar-refractivity contribution is -0.127. The number of ether oxygens (including phenoxy) is 1. The summed E-state index contributed by atoms with van der Waals surface area (Å²) in [6, 6.07) is 7.04. The predicted octanol–water partition coefficient (Wildman–Crippen LogP) is 0.629. The van der Waals surface area contributed by atoms with Gasteiger partial charge in [0.15, 0.2) is 0 Å². The van der Waals surface area contributed by atoms with Gasteiger partial charge in [-0.15, -0.1) is 0 Å². The first-order chi connectivity index (χ1) is 8.11. The lowest BCUT2D eigenvalue weighted by Gasteiger charge is -2.25. The van der Waals surface area contributed by atoms with Gasteiger partial charge in [0.05, 0.1) is 18.0 Å². The molecule has 1 rings (SSSR count). The van der Waals surface area contributed by atoms with E-state index >= 15 is 0 Å². The maximum Gasteiger partial charge on any atom is 0.255 e. The number of carbonyl (C=O) groups excluding carboxylic acids is 1. The lowest BCUT2D eigenvalue weighted by atomic mass is 10.2. The molecule has 0 aromatic heterocycles. The number of hydrogen-bond donors (Lipinski definition) is 2. The molecule has 1 aromatic carbocycles. The Kier molecular flexibility index (Phi) is 4.93. The third-order valence-corrected chi connectivity index (χ3v) is 2.52. The smallest absolute Gasteiger partial charge is 0.255 e. The molecule has 0 aliphatic carbocycles. The fourth-order valence-corrected chi connectivity index (χ4v) is 1.50. The van der Waals surface area contributed by atoms with Gasteiger partial charge in [0.2, 0.25) is 0 Å². The summed E-state index contributed by atoms with van der Waals surface area (Å²) in [5.41, 5.74) is 6.91. The quantitative estimate of drug-likeness (QED) is 0.738. The van der Waals surface area contributed by atoms with Gasteiger partial charge in [0.1, 0.15) is 6.10 Å². The Morgan fingerprint density at radius 3 is 2.71 bits per heavy atom. The van der Waals surface area contributed by atoms with Crippen LogP contribution >= 0.6 is 0 Å². The number of rotatable bonds is 5. The van der Waals surface area contributed by atoms with E-state index < -0.39 is 6.10 Å². The van der Waals surface area contributed by atoms with Crippen LogP contribution in [0.3, 0.4) is 0 Å². The molecule has 0 radical (unpaired) electrons.